The molecule has 1 N–H and O–H groups in total. The summed E-state index contributed by atoms with van der Waals surface area (Å²) in [6.07, 6.45) is 3.17. The summed E-state index contributed by atoms with van der Waals surface area (Å²) in [4.78, 5) is 15.3. The molecule has 0 bridgehead atoms. The lowest BCUT2D eigenvalue weighted by Gasteiger charge is -2.04. The van der Waals surface area contributed by atoms with Gasteiger partial charge in [0, 0.05) is 24.3 Å². The molecule has 1 rings (SSSR count). The highest BCUT2D eigenvalue weighted by atomic mass is 79.9. The molecular formula is C10H13BrN2O2. The van der Waals surface area contributed by atoms with E-state index < -0.39 is 0 Å². The van der Waals surface area contributed by atoms with Crippen molar-refractivity contribution >= 4 is 21.8 Å². The van der Waals surface area contributed by atoms with Gasteiger partial charge in [0.1, 0.15) is 0 Å². The predicted molar refractivity (Wildman–Crippen MR) is 61.2 cm³/mol. The smallest absolute Gasteiger partial charge is 0.252 e. The normalized spacial score (nSPS) is 9.93. The monoisotopic (exact) mass is 272 g/mol. The Bertz CT molecular complexity index is 293. The third-order valence-electron chi connectivity index (χ3n) is 1.68. The summed E-state index contributed by atoms with van der Waals surface area (Å²) in [6.45, 7) is 1.70. The molecule has 1 aromatic rings. The summed E-state index contributed by atoms with van der Waals surface area (Å²) in [6, 6.07) is 3.46. The van der Waals surface area contributed by atoms with E-state index in [0.717, 1.165) is 5.33 Å². The minimum atomic E-state index is -0.120. The van der Waals surface area contributed by atoms with Gasteiger partial charge in [-0.3, -0.25) is 9.78 Å². The Kier molecular flexibility index (Phi) is 5.96. The zero-order valence-electron chi connectivity index (χ0n) is 8.28. The van der Waals surface area contributed by atoms with E-state index >= 15 is 0 Å². The summed E-state index contributed by atoms with van der Waals surface area (Å²) in [7, 11) is 0. The summed E-state index contributed by atoms with van der Waals surface area (Å²) >= 11 is 3.25. The molecule has 0 saturated carbocycles. The first-order chi connectivity index (χ1) is 7.34. The molecule has 0 aliphatic heterocycles. The number of hydrogen-bond donors (Lipinski definition) is 1. The van der Waals surface area contributed by atoms with Gasteiger partial charge < -0.3 is 10.1 Å². The number of amides is 1. The van der Waals surface area contributed by atoms with Gasteiger partial charge >= 0.3 is 0 Å². The topological polar surface area (TPSA) is 51.2 Å². The van der Waals surface area contributed by atoms with Crippen LogP contribution in [0.5, 0.6) is 0 Å². The fourth-order valence-electron chi connectivity index (χ4n) is 0.992. The molecule has 0 unspecified atom stereocenters. The van der Waals surface area contributed by atoms with Crippen LogP contribution < -0.4 is 5.32 Å². The van der Waals surface area contributed by atoms with Crippen molar-refractivity contribution in [3.8, 4) is 0 Å². The van der Waals surface area contributed by atoms with Gasteiger partial charge in [-0.25, -0.2) is 0 Å². The molecular weight excluding hydrogens is 260 g/mol. The summed E-state index contributed by atoms with van der Waals surface area (Å²) in [5.74, 6) is -0.120. The molecule has 82 valence electrons. The summed E-state index contributed by atoms with van der Waals surface area (Å²) in [5, 5.41) is 3.55. The second-order valence-electron chi connectivity index (χ2n) is 2.80. The highest BCUT2D eigenvalue weighted by molar-refractivity contribution is 9.09. The number of carbonyl (C=O) groups excluding carboxylic acids is 1. The van der Waals surface area contributed by atoms with Gasteiger partial charge in [-0.1, -0.05) is 15.9 Å². The number of carbonyl (C=O) groups is 1. The Morgan fingerprint density at radius 3 is 3.07 bits per heavy atom. The van der Waals surface area contributed by atoms with Gasteiger partial charge in [0.15, 0.2) is 0 Å². The fraction of sp³-hybridized carbons (Fsp3) is 0.400. The zero-order chi connectivity index (χ0) is 10.9. The standard InChI is InChI=1S/C10H13BrN2O2/c11-3-6-15-7-5-13-10(14)9-2-1-4-12-8-9/h1-2,4,8H,3,5-7H2,(H,13,14). The van der Waals surface area contributed by atoms with Crippen LogP contribution in [-0.4, -0.2) is 36.0 Å². The van der Waals surface area contributed by atoms with E-state index in [1.54, 1.807) is 18.3 Å². The van der Waals surface area contributed by atoms with Gasteiger partial charge in [-0.15, -0.1) is 0 Å². The molecule has 4 nitrogen and oxygen atoms in total. The maximum Gasteiger partial charge on any atom is 0.252 e. The fourth-order valence-corrected chi connectivity index (χ4v) is 1.22. The molecule has 1 aromatic heterocycles. The van der Waals surface area contributed by atoms with Gasteiger partial charge in [-0.05, 0) is 12.1 Å². The van der Waals surface area contributed by atoms with Crippen LogP contribution in [-0.2, 0) is 4.74 Å². The van der Waals surface area contributed by atoms with Crippen molar-refractivity contribution in [2.24, 2.45) is 0 Å². The number of aromatic nitrogens is 1. The van der Waals surface area contributed by atoms with Crippen molar-refractivity contribution in [1.29, 1.82) is 0 Å². The Hall–Kier alpha value is -0.940. The second-order valence-corrected chi connectivity index (χ2v) is 3.59. The Balaban J connectivity index is 2.20. The largest absolute Gasteiger partial charge is 0.379 e. The molecule has 5 heteroatoms. The summed E-state index contributed by atoms with van der Waals surface area (Å²) < 4.78 is 5.19. The van der Waals surface area contributed by atoms with Crippen LogP contribution in [0.3, 0.4) is 0 Å². The van der Waals surface area contributed by atoms with E-state index in [1.165, 1.54) is 6.20 Å². The van der Waals surface area contributed by atoms with Crippen molar-refractivity contribution in [3.05, 3.63) is 30.1 Å². The molecule has 0 saturated heterocycles. The lowest BCUT2D eigenvalue weighted by Crippen LogP contribution is -2.27. The minimum absolute atomic E-state index is 0.120. The molecule has 15 heavy (non-hydrogen) atoms. The van der Waals surface area contributed by atoms with Crippen LogP contribution in [0.1, 0.15) is 10.4 Å². The lowest BCUT2D eigenvalue weighted by molar-refractivity contribution is 0.0924. The number of pyridine rings is 1. The first-order valence-electron chi connectivity index (χ1n) is 4.66. The van der Waals surface area contributed by atoms with Gasteiger partial charge in [0.25, 0.3) is 5.91 Å². The maximum atomic E-state index is 11.5. The zero-order valence-corrected chi connectivity index (χ0v) is 9.87. The lowest BCUT2D eigenvalue weighted by atomic mass is 10.3. The van der Waals surface area contributed by atoms with Crippen LogP contribution in [0.4, 0.5) is 0 Å². The highest BCUT2D eigenvalue weighted by Crippen LogP contribution is 1.94. The number of alkyl halides is 1. The quantitative estimate of drug-likeness (QED) is 0.626. The van der Waals surface area contributed by atoms with Crippen LogP contribution in [0.15, 0.2) is 24.5 Å². The second kappa shape index (κ2) is 7.36. The Morgan fingerprint density at radius 1 is 1.53 bits per heavy atom. The number of ether oxygens (including phenoxy) is 1. The molecule has 0 radical (unpaired) electrons. The Morgan fingerprint density at radius 2 is 2.40 bits per heavy atom. The number of nitrogens with zero attached hydrogens (tertiary/aromatic N) is 1. The number of nitrogens with one attached hydrogen (secondary N) is 1. The Labute approximate surface area is 97.2 Å². The van der Waals surface area contributed by atoms with E-state index in [1.807, 2.05) is 0 Å². The third kappa shape index (κ3) is 4.90. The minimum Gasteiger partial charge on any atom is -0.379 e. The summed E-state index contributed by atoms with van der Waals surface area (Å²) in [5.41, 5.74) is 0.568. The number of rotatable bonds is 6. The van der Waals surface area contributed by atoms with E-state index in [-0.39, 0.29) is 5.91 Å². The van der Waals surface area contributed by atoms with Gasteiger partial charge in [0.2, 0.25) is 0 Å². The maximum absolute atomic E-state index is 11.5. The molecule has 0 spiro atoms. The molecule has 0 aliphatic rings. The van der Waals surface area contributed by atoms with E-state index in [2.05, 4.69) is 26.2 Å². The number of halogens is 1. The van der Waals surface area contributed by atoms with Crippen LogP contribution >= 0.6 is 15.9 Å². The van der Waals surface area contributed by atoms with Crippen LogP contribution in [0, 0.1) is 0 Å². The van der Waals surface area contributed by atoms with Crippen LogP contribution in [0.2, 0.25) is 0 Å². The average Bonchev–Trinajstić information content (AvgIpc) is 2.30. The van der Waals surface area contributed by atoms with E-state index in [9.17, 15) is 4.79 Å². The van der Waals surface area contributed by atoms with Crippen molar-refractivity contribution in [2.45, 2.75) is 0 Å². The van der Waals surface area contributed by atoms with Crippen molar-refractivity contribution in [3.63, 3.8) is 0 Å². The van der Waals surface area contributed by atoms with Gasteiger partial charge in [0.05, 0.1) is 18.8 Å². The van der Waals surface area contributed by atoms with Crippen molar-refractivity contribution in [2.75, 3.05) is 25.1 Å². The molecule has 0 aromatic carbocycles. The first kappa shape index (κ1) is 12.1. The average molecular weight is 273 g/mol. The molecule has 1 heterocycles. The number of hydrogen-bond acceptors (Lipinski definition) is 3. The first-order valence-corrected chi connectivity index (χ1v) is 5.78. The van der Waals surface area contributed by atoms with Crippen molar-refractivity contribution in [1.82, 2.24) is 10.3 Å². The molecule has 0 aliphatic carbocycles. The third-order valence-corrected chi connectivity index (χ3v) is 2.00. The molecule has 0 fully saturated rings. The van der Waals surface area contributed by atoms with E-state index in [4.69, 9.17) is 4.74 Å². The van der Waals surface area contributed by atoms with Gasteiger partial charge in [-0.2, -0.15) is 0 Å². The van der Waals surface area contributed by atoms with Crippen LogP contribution in [0.25, 0.3) is 0 Å². The SMILES string of the molecule is O=C(NCCOCCBr)c1cccnc1. The molecule has 0 atom stereocenters. The highest BCUT2D eigenvalue weighted by Gasteiger charge is 2.02. The van der Waals surface area contributed by atoms with E-state index in [0.29, 0.717) is 25.3 Å². The molecule has 1 amide bonds. The predicted octanol–water partition coefficient (Wildman–Crippen LogP) is 1.22. The van der Waals surface area contributed by atoms with Crippen molar-refractivity contribution < 1.29 is 9.53 Å².